The minimum atomic E-state index is 0.576. The number of pyridine rings is 1. The van der Waals surface area contributed by atoms with Crippen LogP contribution in [0.2, 0.25) is 0 Å². The van der Waals surface area contributed by atoms with E-state index in [2.05, 4.69) is 48.1 Å². The Morgan fingerprint density at radius 3 is 2.70 bits per heavy atom. The summed E-state index contributed by atoms with van der Waals surface area (Å²) in [4.78, 5) is 4.79. The van der Waals surface area contributed by atoms with Crippen molar-refractivity contribution in [1.29, 1.82) is 0 Å². The smallest absolute Gasteiger partial charge is 0.145 e. The Balaban J connectivity index is 2.70. The Hall–Kier alpha value is -1.29. The van der Waals surface area contributed by atoms with Crippen molar-refractivity contribution in [2.45, 2.75) is 27.2 Å². The first-order valence-corrected chi connectivity index (χ1v) is 7.76. The summed E-state index contributed by atoms with van der Waals surface area (Å²) in [5.74, 6) is 1.39. The molecule has 0 saturated heterocycles. The van der Waals surface area contributed by atoms with E-state index in [1.54, 1.807) is 7.11 Å². The van der Waals surface area contributed by atoms with Gasteiger partial charge < -0.3 is 10.1 Å². The highest BCUT2D eigenvalue weighted by Crippen LogP contribution is 2.36. The van der Waals surface area contributed by atoms with Gasteiger partial charge in [-0.05, 0) is 37.5 Å². The van der Waals surface area contributed by atoms with Gasteiger partial charge in [0.1, 0.15) is 11.3 Å². The number of halogens is 1. The number of aromatic nitrogens is 1. The first-order chi connectivity index (χ1) is 9.56. The van der Waals surface area contributed by atoms with Gasteiger partial charge >= 0.3 is 0 Å². The number of hydrogen-bond donors (Lipinski definition) is 1. The minimum absolute atomic E-state index is 0.576. The fourth-order valence-electron chi connectivity index (χ4n) is 2.35. The molecule has 4 heteroatoms. The van der Waals surface area contributed by atoms with E-state index in [1.165, 1.54) is 0 Å². The highest BCUT2D eigenvalue weighted by Gasteiger charge is 2.13. The molecule has 0 bridgehead atoms. The monoisotopic (exact) mass is 336 g/mol. The Kier molecular flexibility index (Phi) is 4.86. The fraction of sp³-hybridized carbons (Fsp3) is 0.438. The maximum Gasteiger partial charge on any atom is 0.145 e. The molecule has 0 aliphatic heterocycles. The fourth-order valence-corrected chi connectivity index (χ4v) is 2.88. The molecule has 0 spiro atoms. The van der Waals surface area contributed by atoms with E-state index >= 15 is 0 Å². The average molecular weight is 337 g/mol. The van der Waals surface area contributed by atoms with Crippen LogP contribution >= 0.6 is 15.9 Å². The van der Waals surface area contributed by atoms with Gasteiger partial charge in [0.05, 0.1) is 7.11 Å². The molecular formula is C16H21BrN2O. The van der Waals surface area contributed by atoms with Crippen molar-refractivity contribution in [3.8, 4) is 5.75 Å². The Bertz CT molecular complexity index is 611. The second kappa shape index (κ2) is 6.44. The van der Waals surface area contributed by atoms with Gasteiger partial charge in [-0.3, -0.25) is 0 Å². The molecule has 0 aliphatic rings. The van der Waals surface area contributed by atoms with E-state index in [-0.39, 0.29) is 0 Å². The van der Waals surface area contributed by atoms with Gasteiger partial charge in [0.2, 0.25) is 0 Å². The predicted molar refractivity (Wildman–Crippen MR) is 88.7 cm³/mol. The molecule has 20 heavy (non-hydrogen) atoms. The van der Waals surface area contributed by atoms with Gasteiger partial charge in [-0.2, -0.15) is 0 Å². The van der Waals surface area contributed by atoms with Crippen molar-refractivity contribution in [3.05, 3.63) is 28.4 Å². The molecule has 2 aromatic rings. The van der Waals surface area contributed by atoms with Crippen LogP contribution in [0.4, 0.5) is 5.69 Å². The molecule has 0 atom stereocenters. The van der Waals surface area contributed by atoms with E-state index < -0.39 is 0 Å². The van der Waals surface area contributed by atoms with Crippen molar-refractivity contribution in [1.82, 2.24) is 4.98 Å². The summed E-state index contributed by atoms with van der Waals surface area (Å²) >= 11 is 3.62. The van der Waals surface area contributed by atoms with Crippen LogP contribution in [-0.2, 0) is 6.42 Å². The van der Waals surface area contributed by atoms with Crippen molar-refractivity contribution < 1.29 is 4.74 Å². The van der Waals surface area contributed by atoms with Crippen molar-refractivity contribution in [2.75, 3.05) is 19.0 Å². The summed E-state index contributed by atoms with van der Waals surface area (Å²) in [5, 5.41) is 4.51. The number of ether oxygens (including phenoxy) is 1. The molecule has 108 valence electrons. The highest BCUT2D eigenvalue weighted by atomic mass is 79.9. The van der Waals surface area contributed by atoms with Gasteiger partial charge in [0.25, 0.3) is 0 Å². The van der Waals surface area contributed by atoms with Crippen LogP contribution in [0, 0.1) is 5.92 Å². The Morgan fingerprint density at radius 2 is 2.10 bits per heavy atom. The van der Waals surface area contributed by atoms with Gasteiger partial charge in [-0.15, -0.1) is 0 Å². The number of fused-ring (bicyclic) bond motifs is 1. The number of rotatable bonds is 5. The van der Waals surface area contributed by atoms with Crippen LogP contribution in [0.3, 0.4) is 0 Å². The molecule has 0 aliphatic carbocycles. The van der Waals surface area contributed by atoms with E-state index in [4.69, 9.17) is 9.72 Å². The maximum absolute atomic E-state index is 5.46. The topological polar surface area (TPSA) is 34.2 Å². The van der Waals surface area contributed by atoms with Crippen LogP contribution < -0.4 is 10.1 Å². The summed E-state index contributed by atoms with van der Waals surface area (Å²) in [5.41, 5.74) is 3.12. The number of nitrogens with one attached hydrogen (secondary N) is 1. The zero-order valence-corrected chi connectivity index (χ0v) is 14.0. The number of methoxy groups -OCH3 is 1. The lowest BCUT2D eigenvalue weighted by molar-refractivity contribution is 0.418. The lowest BCUT2D eigenvalue weighted by atomic mass is 10.0. The molecule has 0 unspecified atom stereocenters. The summed E-state index contributed by atoms with van der Waals surface area (Å²) in [6.45, 7) is 7.39. The molecule has 0 radical (unpaired) electrons. The Morgan fingerprint density at radius 1 is 1.35 bits per heavy atom. The van der Waals surface area contributed by atoms with Crippen LogP contribution in [0.25, 0.3) is 10.9 Å². The quantitative estimate of drug-likeness (QED) is 0.863. The van der Waals surface area contributed by atoms with Gasteiger partial charge in [-0.25, -0.2) is 4.98 Å². The molecule has 1 heterocycles. The van der Waals surface area contributed by atoms with Crippen molar-refractivity contribution in [3.63, 3.8) is 0 Å². The molecular weight excluding hydrogens is 316 g/mol. The zero-order valence-electron chi connectivity index (χ0n) is 12.5. The highest BCUT2D eigenvalue weighted by molar-refractivity contribution is 9.10. The summed E-state index contributed by atoms with van der Waals surface area (Å²) in [6, 6.07) is 6.11. The van der Waals surface area contributed by atoms with E-state index in [0.29, 0.717) is 5.92 Å². The maximum atomic E-state index is 5.46. The van der Waals surface area contributed by atoms with Gasteiger partial charge in [-0.1, -0.05) is 29.8 Å². The first-order valence-electron chi connectivity index (χ1n) is 6.96. The van der Waals surface area contributed by atoms with E-state index in [9.17, 15) is 0 Å². The standard InChI is InChI=1S/C16H21BrN2O/c1-5-18-13-9-11(8-10(2)3)19-16-14(20-4)7-6-12(17)15(13)16/h6-7,9-10H,5,8H2,1-4H3,(H,18,19). The third kappa shape index (κ3) is 3.06. The molecule has 0 saturated carbocycles. The van der Waals surface area contributed by atoms with Crippen LogP contribution in [0.5, 0.6) is 5.75 Å². The molecule has 0 fully saturated rings. The van der Waals surface area contributed by atoms with Crippen molar-refractivity contribution >= 4 is 32.5 Å². The minimum Gasteiger partial charge on any atom is -0.494 e. The number of benzene rings is 1. The van der Waals surface area contributed by atoms with E-state index in [1.807, 2.05) is 12.1 Å². The third-order valence-corrected chi connectivity index (χ3v) is 3.79. The van der Waals surface area contributed by atoms with Crippen molar-refractivity contribution in [2.24, 2.45) is 5.92 Å². The third-order valence-electron chi connectivity index (χ3n) is 3.13. The predicted octanol–water partition coefficient (Wildman–Crippen LogP) is 4.64. The lowest BCUT2D eigenvalue weighted by Crippen LogP contribution is -2.04. The second-order valence-corrected chi connectivity index (χ2v) is 6.12. The largest absolute Gasteiger partial charge is 0.494 e. The molecule has 1 N–H and O–H groups in total. The van der Waals surface area contributed by atoms with Crippen LogP contribution in [0.1, 0.15) is 26.5 Å². The molecule has 1 aromatic heterocycles. The molecule has 0 amide bonds. The van der Waals surface area contributed by atoms with Crippen LogP contribution in [-0.4, -0.2) is 18.6 Å². The van der Waals surface area contributed by atoms with Gasteiger partial charge in [0.15, 0.2) is 0 Å². The van der Waals surface area contributed by atoms with Crippen LogP contribution in [0.15, 0.2) is 22.7 Å². The SMILES string of the molecule is CCNc1cc(CC(C)C)nc2c(OC)ccc(Br)c12. The van der Waals surface area contributed by atoms with Gasteiger partial charge in [0, 0.05) is 27.8 Å². The normalized spacial score (nSPS) is 11.1. The lowest BCUT2D eigenvalue weighted by Gasteiger charge is -2.15. The number of anilines is 1. The molecule has 3 nitrogen and oxygen atoms in total. The number of hydrogen-bond acceptors (Lipinski definition) is 3. The molecule has 1 aromatic carbocycles. The first kappa shape index (κ1) is 15.1. The molecule has 2 rings (SSSR count). The summed E-state index contributed by atoms with van der Waals surface area (Å²) in [6.07, 6.45) is 0.962. The summed E-state index contributed by atoms with van der Waals surface area (Å²) in [7, 11) is 1.69. The summed E-state index contributed by atoms with van der Waals surface area (Å²) < 4.78 is 6.50. The Labute approximate surface area is 128 Å². The number of nitrogens with zero attached hydrogens (tertiary/aromatic N) is 1. The zero-order chi connectivity index (χ0) is 14.7. The second-order valence-electron chi connectivity index (χ2n) is 5.26. The average Bonchev–Trinajstić information content (AvgIpc) is 2.38. The van der Waals surface area contributed by atoms with E-state index in [0.717, 1.165) is 45.5 Å².